The minimum absolute atomic E-state index is 0.172. The van der Waals surface area contributed by atoms with E-state index in [2.05, 4.69) is 9.97 Å². The molecular weight excluding hydrogens is 266 g/mol. The highest BCUT2D eigenvalue weighted by Gasteiger charge is 2.08. The van der Waals surface area contributed by atoms with Crippen LogP contribution < -0.4 is 16.0 Å². The number of rotatable bonds is 2. The van der Waals surface area contributed by atoms with Gasteiger partial charge in [-0.3, -0.25) is 9.78 Å². The van der Waals surface area contributed by atoms with Crippen molar-refractivity contribution in [1.29, 1.82) is 0 Å². The van der Waals surface area contributed by atoms with Gasteiger partial charge in [-0.25, -0.2) is 0 Å². The molecule has 0 saturated heterocycles. The van der Waals surface area contributed by atoms with Gasteiger partial charge in [0, 0.05) is 5.69 Å². The number of anilines is 1. The molecule has 0 atom stereocenters. The van der Waals surface area contributed by atoms with Crippen molar-refractivity contribution in [2.45, 2.75) is 13.8 Å². The molecule has 0 fully saturated rings. The third-order valence-electron chi connectivity index (χ3n) is 3.47. The average molecular weight is 281 g/mol. The van der Waals surface area contributed by atoms with Crippen LogP contribution in [0.1, 0.15) is 11.1 Å². The first-order chi connectivity index (χ1) is 10.0. The molecule has 21 heavy (non-hydrogen) atoms. The zero-order chi connectivity index (χ0) is 15.0. The molecule has 0 saturated carbocycles. The average Bonchev–Trinajstić information content (AvgIpc) is 2.45. The summed E-state index contributed by atoms with van der Waals surface area (Å²) in [6.45, 7) is 3.96. The van der Waals surface area contributed by atoms with Crippen LogP contribution in [0.3, 0.4) is 0 Å². The maximum atomic E-state index is 12.1. The van der Waals surface area contributed by atoms with Gasteiger partial charge in [-0.1, -0.05) is 12.1 Å². The van der Waals surface area contributed by atoms with Crippen molar-refractivity contribution in [3.63, 3.8) is 0 Å². The molecule has 0 aliphatic carbocycles. The Labute approximate surface area is 121 Å². The Bertz CT molecular complexity index is 884. The number of nitrogens with two attached hydrogens (primary N) is 1. The van der Waals surface area contributed by atoms with Crippen LogP contribution in [0.2, 0.25) is 0 Å². The molecule has 5 heteroatoms. The van der Waals surface area contributed by atoms with E-state index in [9.17, 15) is 4.79 Å². The molecule has 0 aliphatic heterocycles. The third-order valence-corrected chi connectivity index (χ3v) is 3.47. The van der Waals surface area contributed by atoms with Crippen LogP contribution in [0, 0.1) is 13.8 Å². The number of hydrogen-bond donors (Lipinski definition) is 2. The maximum Gasteiger partial charge on any atom is 0.302 e. The molecule has 3 N–H and O–H groups in total. The maximum absolute atomic E-state index is 12.1. The van der Waals surface area contributed by atoms with Gasteiger partial charge in [-0.05, 0) is 49.2 Å². The lowest BCUT2D eigenvalue weighted by Gasteiger charge is -2.09. The predicted octanol–water partition coefficient (Wildman–Crippen LogP) is 2.91. The van der Waals surface area contributed by atoms with Crippen molar-refractivity contribution in [2.24, 2.45) is 0 Å². The quantitative estimate of drug-likeness (QED) is 0.708. The number of aryl methyl sites for hydroxylation is 1. The van der Waals surface area contributed by atoms with Gasteiger partial charge >= 0.3 is 6.01 Å². The molecular formula is C16H15N3O2. The van der Waals surface area contributed by atoms with E-state index in [4.69, 9.17) is 10.5 Å². The molecule has 0 bridgehead atoms. The summed E-state index contributed by atoms with van der Waals surface area (Å²) in [5.41, 5.74) is 8.61. The Morgan fingerprint density at radius 3 is 2.81 bits per heavy atom. The van der Waals surface area contributed by atoms with E-state index in [0.29, 0.717) is 22.3 Å². The van der Waals surface area contributed by atoms with Crippen LogP contribution in [0.4, 0.5) is 5.69 Å². The highest BCUT2D eigenvalue weighted by molar-refractivity contribution is 5.81. The van der Waals surface area contributed by atoms with Gasteiger partial charge in [0.05, 0.1) is 10.9 Å². The van der Waals surface area contributed by atoms with Gasteiger partial charge in [-0.15, -0.1) is 0 Å². The standard InChI is InChI=1S/C16H15N3O2/c1-9-4-3-5-14(10(9)2)21-16-18-13-7-6-11(17)8-12(13)15(20)19-16/h3-8H,17H2,1-2H3,(H,18,19,20). The Balaban J connectivity index is 2.08. The highest BCUT2D eigenvalue weighted by Crippen LogP contribution is 2.25. The first-order valence-electron chi connectivity index (χ1n) is 6.58. The number of fused-ring (bicyclic) bond motifs is 1. The molecule has 3 aromatic rings. The van der Waals surface area contributed by atoms with Gasteiger partial charge < -0.3 is 10.5 Å². The van der Waals surface area contributed by atoms with Crippen LogP contribution >= 0.6 is 0 Å². The van der Waals surface area contributed by atoms with Crippen LogP contribution in [0.15, 0.2) is 41.2 Å². The molecule has 3 rings (SSSR count). The molecule has 1 heterocycles. The van der Waals surface area contributed by atoms with Crippen LogP contribution in [0.5, 0.6) is 11.8 Å². The SMILES string of the molecule is Cc1cccc(Oc2nc3ccc(N)cc3c(=O)[nH]2)c1C. The minimum Gasteiger partial charge on any atom is -0.425 e. The minimum atomic E-state index is -0.271. The number of nitrogens with zero attached hydrogens (tertiary/aromatic N) is 1. The molecule has 0 aliphatic rings. The first kappa shape index (κ1) is 13.2. The number of aromatic amines is 1. The van der Waals surface area contributed by atoms with Gasteiger partial charge in [0.15, 0.2) is 0 Å². The van der Waals surface area contributed by atoms with E-state index in [1.807, 2.05) is 32.0 Å². The number of hydrogen-bond acceptors (Lipinski definition) is 4. The van der Waals surface area contributed by atoms with Crippen molar-refractivity contribution < 1.29 is 4.74 Å². The number of aromatic nitrogens is 2. The molecule has 5 nitrogen and oxygen atoms in total. The van der Waals surface area contributed by atoms with Crippen molar-refractivity contribution in [3.05, 3.63) is 57.9 Å². The fraction of sp³-hybridized carbons (Fsp3) is 0.125. The zero-order valence-corrected chi connectivity index (χ0v) is 11.8. The van der Waals surface area contributed by atoms with Crippen molar-refractivity contribution in [1.82, 2.24) is 9.97 Å². The van der Waals surface area contributed by atoms with E-state index in [-0.39, 0.29) is 11.6 Å². The molecule has 0 amide bonds. The second kappa shape index (κ2) is 4.94. The van der Waals surface area contributed by atoms with Gasteiger partial charge in [-0.2, -0.15) is 4.98 Å². The number of benzene rings is 2. The molecule has 0 radical (unpaired) electrons. The Morgan fingerprint density at radius 1 is 1.19 bits per heavy atom. The Morgan fingerprint density at radius 2 is 2.00 bits per heavy atom. The lowest BCUT2D eigenvalue weighted by molar-refractivity contribution is 0.439. The van der Waals surface area contributed by atoms with E-state index < -0.39 is 0 Å². The van der Waals surface area contributed by atoms with E-state index in [0.717, 1.165) is 11.1 Å². The third kappa shape index (κ3) is 2.45. The van der Waals surface area contributed by atoms with E-state index in [1.165, 1.54) is 0 Å². The largest absolute Gasteiger partial charge is 0.425 e. The molecule has 2 aromatic carbocycles. The molecule has 106 valence electrons. The van der Waals surface area contributed by atoms with Crippen LogP contribution in [0.25, 0.3) is 10.9 Å². The predicted molar refractivity (Wildman–Crippen MR) is 82.8 cm³/mol. The zero-order valence-electron chi connectivity index (χ0n) is 11.8. The summed E-state index contributed by atoms with van der Waals surface area (Å²) in [5, 5.41) is 0.448. The Hall–Kier alpha value is -2.82. The highest BCUT2D eigenvalue weighted by atomic mass is 16.5. The molecule has 0 spiro atoms. The lowest BCUT2D eigenvalue weighted by atomic mass is 10.1. The van der Waals surface area contributed by atoms with E-state index in [1.54, 1.807) is 18.2 Å². The fourth-order valence-corrected chi connectivity index (χ4v) is 2.12. The topological polar surface area (TPSA) is 81.0 Å². The van der Waals surface area contributed by atoms with Crippen LogP contribution in [-0.4, -0.2) is 9.97 Å². The lowest BCUT2D eigenvalue weighted by Crippen LogP contribution is -2.10. The Kier molecular flexibility index (Phi) is 3.10. The van der Waals surface area contributed by atoms with Crippen molar-refractivity contribution in [3.8, 4) is 11.8 Å². The van der Waals surface area contributed by atoms with Crippen molar-refractivity contribution in [2.75, 3.05) is 5.73 Å². The van der Waals surface area contributed by atoms with Crippen molar-refractivity contribution >= 4 is 16.6 Å². The van der Waals surface area contributed by atoms with Gasteiger partial charge in [0.1, 0.15) is 5.75 Å². The summed E-state index contributed by atoms with van der Waals surface area (Å²) in [6.07, 6.45) is 0. The summed E-state index contributed by atoms with van der Waals surface area (Å²) in [7, 11) is 0. The molecule has 0 unspecified atom stereocenters. The monoisotopic (exact) mass is 281 g/mol. The summed E-state index contributed by atoms with van der Waals surface area (Å²) in [4.78, 5) is 19.0. The smallest absolute Gasteiger partial charge is 0.302 e. The second-order valence-electron chi connectivity index (χ2n) is 4.95. The number of ether oxygens (including phenoxy) is 1. The van der Waals surface area contributed by atoms with Crippen LogP contribution in [-0.2, 0) is 0 Å². The first-order valence-corrected chi connectivity index (χ1v) is 6.58. The summed E-state index contributed by atoms with van der Waals surface area (Å²) in [5.74, 6) is 0.674. The number of nitrogens with one attached hydrogen (secondary N) is 1. The summed E-state index contributed by atoms with van der Waals surface area (Å²) < 4.78 is 5.71. The van der Waals surface area contributed by atoms with E-state index >= 15 is 0 Å². The number of nitrogen functional groups attached to an aromatic ring is 1. The number of H-pyrrole nitrogens is 1. The molecule has 1 aromatic heterocycles. The second-order valence-corrected chi connectivity index (χ2v) is 4.95. The summed E-state index contributed by atoms with van der Waals surface area (Å²) in [6, 6.07) is 10.9. The van der Waals surface area contributed by atoms with Gasteiger partial charge in [0.25, 0.3) is 5.56 Å². The van der Waals surface area contributed by atoms with Gasteiger partial charge in [0.2, 0.25) is 0 Å². The summed E-state index contributed by atoms with van der Waals surface area (Å²) >= 11 is 0. The normalized spacial score (nSPS) is 10.8. The fourth-order valence-electron chi connectivity index (χ4n) is 2.12.